The molecule has 0 amide bonds. The van der Waals surface area contributed by atoms with E-state index in [1.807, 2.05) is 4.90 Å². The van der Waals surface area contributed by atoms with Gasteiger partial charge in [-0.3, -0.25) is 7.32 Å². The van der Waals surface area contributed by atoms with E-state index < -0.39 is 36.6 Å². The number of thiocarbonyl (C=S) groups is 1. The van der Waals surface area contributed by atoms with Crippen LogP contribution in [0.25, 0.3) is 0 Å². The maximum atomic E-state index is 8.42. The quantitative estimate of drug-likeness (QED) is 0.0986. The van der Waals surface area contributed by atoms with Crippen molar-refractivity contribution >= 4 is 83.1 Å². The van der Waals surface area contributed by atoms with Crippen LogP contribution in [0.3, 0.4) is 0 Å². The van der Waals surface area contributed by atoms with E-state index in [2.05, 4.69) is 26.5 Å². The van der Waals surface area contributed by atoms with Crippen molar-refractivity contribution in [3.8, 4) is 0 Å². The molecule has 168 valence electrons. The van der Waals surface area contributed by atoms with Gasteiger partial charge >= 0.3 is 46.6 Å². The Morgan fingerprint density at radius 2 is 0.793 bits per heavy atom. The van der Waals surface area contributed by atoms with E-state index in [1.54, 1.807) is 0 Å². The summed E-state index contributed by atoms with van der Waals surface area (Å²) in [4.78, 5) is 2.01. The minimum atomic E-state index is -2.92. The van der Waals surface area contributed by atoms with E-state index >= 15 is 0 Å². The van der Waals surface area contributed by atoms with E-state index in [9.17, 15) is 0 Å². The molecule has 0 aliphatic rings. The summed E-state index contributed by atoms with van der Waals surface area (Å²) in [5.74, 6) is 0. The zero-order valence-electron chi connectivity index (χ0n) is 15.3. The van der Waals surface area contributed by atoms with Crippen LogP contribution in [0.5, 0.6) is 0 Å². The van der Waals surface area contributed by atoms with Crippen molar-refractivity contribution in [1.29, 1.82) is 0 Å². The molecule has 0 atom stereocenters. The fourth-order valence-electron chi connectivity index (χ4n) is 0.494. The number of nitrogens with zero attached hydrogens (tertiary/aromatic N) is 1. The summed E-state index contributed by atoms with van der Waals surface area (Å²) in [6.07, 6.45) is 0. The number of rotatable bonds is 2. The number of thiol groups is 1. The number of hydrogen-bond acceptors (Lipinski definition) is 16. The SMILES string of the molecule is CCN(CC)C(=S)S.OB(O)O.OB(O)O.OB(O)O.OB(O)O.[Al+3].[O-]B([O-])[O-]. The first-order chi connectivity index (χ1) is 12.4. The van der Waals surface area contributed by atoms with Crippen molar-refractivity contribution < 1.29 is 75.4 Å². The first-order valence-electron chi connectivity index (χ1n) is 6.50. The van der Waals surface area contributed by atoms with Crippen molar-refractivity contribution in [3.63, 3.8) is 0 Å². The molecule has 16 nitrogen and oxygen atoms in total. The van der Waals surface area contributed by atoms with Crippen molar-refractivity contribution in [2.24, 2.45) is 0 Å². The molecule has 0 radical (unpaired) electrons. The van der Waals surface area contributed by atoms with Crippen LogP contribution >= 0.6 is 24.8 Å². The molecule has 0 aliphatic carbocycles. The third kappa shape index (κ3) is 277. The zero-order valence-corrected chi connectivity index (χ0v) is 18.1. The van der Waals surface area contributed by atoms with E-state index in [1.165, 1.54) is 0 Å². The normalized spacial score (nSPS) is 7.10. The Morgan fingerprint density at radius 3 is 0.793 bits per heavy atom. The van der Waals surface area contributed by atoms with Gasteiger partial charge in [-0.1, -0.05) is 12.2 Å². The molecule has 0 aromatic heterocycles. The summed E-state index contributed by atoms with van der Waals surface area (Å²) < 4.78 is 0.690. The molecule has 29 heavy (non-hydrogen) atoms. The fraction of sp³-hybridized carbons (Fsp3) is 0.800. The predicted molar refractivity (Wildman–Crippen MR) is 106 cm³/mol. The molecular formula is C5H23AlB5NO15S2. The van der Waals surface area contributed by atoms with Gasteiger partial charge in [-0.2, -0.15) is 0 Å². The van der Waals surface area contributed by atoms with E-state index in [0.29, 0.717) is 4.32 Å². The molecule has 0 unspecified atom stereocenters. The fourth-order valence-corrected chi connectivity index (χ4v) is 1.04. The van der Waals surface area contributed by atoms with Gasteiger partial charge < -0.3 is 80.3 Å². The second kappa shape index (κ2) is 39.0. The Morgan fingerprint density at radius 1 is 0.690 bits per heavy atom. The van der Waals surface area contributed by atoms with Gasteiger partial charge in [0.25, 0.3) is 0 Å². The van der Waals surface area contributed by atoms with Crippen LogP contribution in [0.1, 0.15) is 13.8 Å². The molecule has 0 bridgehead atoms. The van der Waals surface area contributed by atoms with Crippen molar-refractivity contribution in [2.45, 2.75) is 13.8 Å². The first-order valence-corrected chi connectivity index (χ1v) is 7.36. The summed E-state index contributed by atoms with van der Waals surface area (Å²) >= 11 is 8.82. The topological polar surface area (TPSA) is 315 Å². The van der Waals surface area contributed by atoms with Crippen molar-refractivity contribution in [2.75, 3.05) is 13.1 Å². The number of hydrogen-bond donors (Lipinski definition) is 13. The molecular weight excluding hydrogens is 459 g/mol. The molecule has 0 saturated carbocycles. The van der Waals surface area contributed by atoms with Crippen LogP contribution in [0.4, 0.5) is 0 Å². The van der Waals surface area contributed by atoms with Gasteiger partial charge in [0.1, 0.15) is 4.32 Å². The van der Waals surface area contributed by atoms with Gasteiger partial charge in [0.2, 0.25) is 0 Å². The Bertz CT molecular complexity index is 235. The smallest absolute Gasteiger partial charge is 0.907 e. The van der Waals surface area contributed by atoms with Crippen LogP contribution in [0.2, 0.25) is 0 Å². The van der Waals surface area contributed by atoms with Gasteiger partial charge in [-0.05, 0) is 13.8 Å². The van der Waals surface area contributed by atoms with Gasteiger partial charge in [-0.25, -0.2) is 0 Å². The molecule has 0 fully saturated rings. The van der Waals surface area contributed by atoms with Gasteiger partial charge in [0.05, 0.1) is 0 Å². The maximum absolute atomic E-state index is 8.42. The second-order valence-corrected chi connectivity index (χ2v) is 4.24. The minimum absolute atomic E-state index is 0. The summed E-state index contributed by atoms with van der Waals surface area (Å²) in [6, 6.07) is 0. The standard InChI is InChI=1S/C5H11NS2.Al.4BH3O3.BO3/c1-3-6(4-2)5(7)8;;5*2-1(3)4/h3-4H2,1-2H3,(H,7,8);;4*2-4H;/q;+3;;;;;-3. The Kier molecular flexibility index (Phi) is 63.7. The maximum Gasteiger partial charge on any atom is 3.00 e. The van der Waals surface area contributed by atoms with E-state index in [0.717, 1.165) is 13.1 Å². The summed E-state index contributed by atoms with van der Waals surface area (Å²) in [7, 11) is -11.6. The molecule has 0 rings (SSSR count). The van der Waals surface area contributed by atoms with Crippen LogP contribution < -0.4 is 15.1 Å². The molecule has 12 N–H and O–H groups in total. The van der Waals surface area contributed by atoms with Crippen LogP contribution in [-0.2, 0) is 0 Å². The molecule has 0 aromatic carbocycles. The Hall–Kier alpha value is 0.497. The molecule has 0 saturated heterocycles. The van der Waals surface area contributed by atoms with Crippen LogP contribution in [0.15, 0.2) is 0 Å². The van der Waals surface area contributed by atoms with E-state index in [-0.39, 0.29) is 17.4 Å². The molecule has 0 aliphatic heterocycles. The zero-order chi connectivity index (χ0) is 24.5. The first kappa shape index (κ1) is 47.3. The monoisotopic (exact) mass is 483 g/mol. The average molecular weight is 482 g/mol. The largest absolute Gasteiger partial charge is 3.00 e. The summed E-state index contributed by atoms with van der Waals surface area (Å²) in [5, 5.41) is 111. The Labute approximate surface area is 190 Å². The van der Waals surface area contributed by atoms with Gasteiger partial charge in [-0.15, -0.1) is 12.6 Å². The molecule has 24 heteroatoms. The molecule has 0 aromatic rings. The Balaban J connectivity index is -0.0000000411. The van der Waals surface area contributed by atoms with Crippen molar-refractivity contribution in [3.05, 3.63) is 0 Å². The van der Waals surface area contributed by atoms with Crippen LogP contribution in [0, 0.1) is 0 Å². The van der Waals surface area contributed by atoms with Crippen LogP contribution in [-0.4, -0.2) is 137 Å². The van der Waals surface area contributed by atoms with Crippen molar-refractivity contribution in [1.82, 2.24) is 4.90 Å². The third-order valence-corrected chi connectivity index (χ3v) is 1.58. The third-order valence-electron chi connectivity index (χ3n) is 1.03. The van der Waals surface area contributed by atoms with E-state index in [4.69, 9.17) is 87.6 Å². The second-order valence-electron chi connectivity index (χ2n) is 3.13. The van der Waals surface area contributed by atoms with Gasteiger partial charge in [0, 0.05) is 13.1 Å². The predicted octanol–water partition coefficient (Wildman–Crippen LogP) is -11.0. The minimum Gasteiger partial charge on any atom is -0.907 e. The molecule has 0 heterocycles. The average Bonchev–Trinajstić information content (AvgIpc) is 2.35. The summed E-state index contributed by atoms with van der Waals surface area (Å²) in [5.41, 5.74) is 0. The molecule has 0 spiro atoms. The van der Waals surface area contributed by atoms with Gasteiger partial charge in [0.15, 0.2) is 0 Å². The summed E-state index contributed by atoms with van der Waals surface area (Å²) in [6.45, 7) is 6.04.